The van der Waals surface area contributed by atoms with Crippen molar-refractivity contribution in [2.24, 2.45) is 5.16 Å². The number of nitrogens with zero attached hydrogens (tertiary/aromatic N) is 1. The smallest absolute Gasteiger partial charge is 0.125 e. The maximum Gasteiger partial charge on any atom is 0.125 e. The van der Waals surface area contributed by atoms with Crippen molar-refractivity contribution in [3.63, 3.8) is 0 Å². The molecule has 0 heterocycles. The first-order chi connectivity index (χ1) is 15.1. The largest absolute Gasteiger partial charge is 0.493 e. The van der Waals surface area contributed by atoms with E-state index in [1.807, 2.05) is 69.3 Å². The van der Waals surface area contributed by atoms with Gasteiger partial charge >= 0.3 is 0 Å². The van der Waals surface area contributed by atoms with Gasteiger partial charge < -0.3 is 23.8 Å². The van der Waals surface area contributed by atoms with Crippen LogP contribution in [-0.2, 0) is 16.2 Å². The van der Waals surface area contributed by atoms with Crippen LogP contribution in [0.1, 0.15) is 30.0 Å². The van der Waals surface area contributed by atoms with Crippen LogP contribution in [0.4, 0.5) is 0 Å². The number of aryl methyl sites for hydroxylation is 2. The van der Waals surface area contributed by atoms with Crippen molar-refractivity contribution in [2.45, 2.75) is 33.8 Å². The average molecular weight is 428 g/mol. The first-order valence-corrected chi connectivity index (χ1v) is 10.5. The molecule has 0 atom stereocenters. The molecule has 0 bridgehead atoms. The molecular weight excluding hydrogens is 394 g/mol. The molecular formula is C25H33NO5. The molecule has 0 unspecified atom stereocenters. The van der Waals surface area contributed by atoms with Crippen molar-refractivity contribution in [1.82, 2.24) is 0 Å². The van der Waals surface area contributed by atoms with Crippen molar-refractivity contribution in [1.29, 1.82) is 0 Å². The summed E-state index contributed by atoms with van der Waals surface area (Å²) >= 11 is 0. The zero-order valence-electron chi connectivity index (χ0n) is 18.9. The van der Waals surface area contributed by atoms with Gasteiger partial charge in [0.1, 0.15) is 31.0 Å². The first-order valence-electron chi connectivity index (χ1n) is 10.5. The molecule has 0 aromatic heterocycles. The highest BCUT2D eigenvalue weighted by atomic mass is 16.6. The minimum atomic E-state index is 0.414. The fraction of sp³-hybridized carbons (Fsp3) is 0.400. The topological polar surface area (TPSA) is 58.5 Å². The summed E-state index contributed by atoms with van der Waals surface area (Å²) in [7, 11) is 1.50. The van der Waals surface area contributed by atoms with E-state index in [9.17, 15) is 0 Å². The van der Waals surface area contributed by atoms with Crippen LogP contribution in [0.3, 0.4) is 0 Å². The lowest BCUT2D eigenvalue weighted by Gasteiger charge is -2.14. The van der Waals surface area contributed by atoms with E-state index in [-0.39, 0.29) is 0 Å². The van der Waals surface area contributed by atoms with Crippen LogP contribution in [0, 0.1) is 13.8 Å². The maximum absolute atomic E-state index is 5.99. The highest BCUT2D eigenvalue weighted by molar-refractivity contribution is 5.57. The first kappa shape index (κ1) is 24.3. The number of benzene rings is 2. The molecule has 0 aliphatic heterocycles. The molecule has 0 fully saturated rings. The Bertz CT molecular complexity index is 807. The molecule has 0 saturated heterocycles. The van der Waals surface area contributed by atoms with Gasteiger partial charge in [0.2, 0.25) is 0 Å². The van der Waals surface area contributed by atoms with Crippen LogP contribution >= 0.6 is 0 Å². The summed E-state index contributed by atoms with van der Waals surface area (Å²) in [6.45, 7) is 8.74. The second-order valence-electron chi connectivity index (χ2n) is 6.95. The number of hydrogen-bond acceptors (Lipinski definition) is 6. The Morgan fingerprint density at radius 1 is 0.871 bits per heavy atom. The molecule has 0 aliphatic carbocycles. The average Bonchev–Trinajstić information content (AvgIpc) is 2.76. The Balaban J connectivity index is 1.69. The van der Waals surface area contributed by atoms with Gasteiger partial charge in [-0.25, -0.2) is 0 Å². The molecule has 0 radical (unpaired) electrons. The monoisotopic (exact) mass is 427 g/mol. The second-order valence-corrected chi connectivity index (χ2v) is 6.95. The normalized spacial score (nSPS) is 11.2. The van der Waals surface area contributed by atoms with Crippen LogP contribution < -0.4 is 14.2 Å². The summed E-state index contributed by atoms with van der Waals surface area (Å²) in [6.07, 6.45) is 6.33. The number of ether oxygens (including phenoxy) is 4. The van der Waals surface area contributed by atoms with Gasteiger partial charge in [-0.05, 0) is 61.7 Å². The third kappa shape index (κ3) is 9.13. The van der Waals surface area contributed by atoms with Crippen LogP contribution in [0.15, 0.2) is 53.7 Å². The summed E-state index contributed by atoms with van der Waals surface area (Å²) in [5.74, 6) is 2.61. The summed E-state index contributed by atoms with van der Waals surface area (Å²) in [5.41, 5.74) is 3.22. The van der Waals surface area contributed by atoms with Crippen LogP contribution in [-0.4, -0.2) is 39.8 Å². The lowest BCUT2D eigenvalue weighted by atomic mass is 10.1. The van der Waals surface area contributed by atoms with E-state index < -0.39 is 0 Å². The zero-order chi connectivity index (χ0) is 22.3. The fourth-order valence-corrected chi connectivity index (χ4v) is 2.90. The van der Waals surface area contributed by atoms with E-state index in [1.165, 1.54) is 7.11 Å². The number of hydrogen-bond donors (Lipinski definition) is 0. The van der Waals surface area contributed by atoms with Gasteiger partial charge in [0.15, 0.2) is 0 Å². The predicted molar refractivity (Wildman–Crippen MR) is 123 cm³/mol. The van der Waals surface area contributed by atoms with Gasteiger partial charge in [-0.1, -0.05) is 29.4 Å². The Morgan fingerprint density at radius 3 is 2.26 bits per heavy atom. The third-order valence-corrected chi connectivity index (χ3v) is 4.38. The lowest BCUT2D eigenvalue weighted by Crippen LogP contribution is -2.07. The van der Waals surface area contributed by atoms with Crippen LogP contribution in [0.5, 0.6) is 17.2 Å². The van der Waals surface area contributed by atoms with Crippen molar-refractivity contribution in [2.75, 3.05) is 33.5 Å². The molecule has 6 nitrogen and oxygen atoms in total. The molecule has 168 valence electrons. The summed E-state index contributed by atoms with van der Waals surface area (Å²) in [4.78, 5) is 4.58. The molecule has 0 amide bonds. The summed E-state index contributed by atoms with van der Waals surface area (Å²) < 4.78 is 23.0. The van der Waals surface area contributed by atoms with Crippen molar-refractivity contribution in [3.8, 4) is 17.2 Å². The zero-order valence-corrected chi connectivity index (χ0v) is 18.9. The third-order valence-electron chi connectivity index (χ3n) is 4.38. The standard InChI is InChI=1S/C25H33NO5/c1-5-6-13-30-24-17-20(2)25(21(3)18-24)31-15-7-14-29-23-10-8-22(9-11-23)19-28-16-12-26-27-4/h5-6,8-12,17-18H,7,13-16,19H2,1-4H3/b6-5+,26-12+. The van der Waals surface area contributed by atoms with Gasteiger partial charge in [-0.3, -0.25) is 0 Å². The van der Waals surface area contributed by atoms with Crippen molar-refractivity contribution >= 4 is 6.21 Å². The van der Waals surface area contributed by atoms with Crippen molar-refractivity contribution in [3.05, 3.63) is 65.2 Å². The molecule has 0 aliphatic rings. The highest BCUT2D eigenvalue weighted by Gasteiger charge is 2.07. The molecule has 0 N–H and O–H groups in total. The minimum absolute atomic E-state index is 0.414. The Hall–Kier alpha value is -2.99. The molecule has 0 spiro atoms. The van der Waals surface area contributed by atoms with E-state index in [1.54, 1.807) is 6.21 Å². The Kier molecular flexibility index (Phi) is 11.0. The molecule has 31 heavy (non-hydrogen) atoms. The van der Waals surface area contributed by atoms with Gasteiger partial charge in [0.25, 0.3) is 0 Å². The Morgan fingerprint density at radius 2 is 1.58 bits per heavy atom. The van der Waals surface area contributed by atoms with Crippen molar-refractivity contribution < 1.29 is 23.8 Å². The molecule has 0 saturated carbocycles. The summed E-state index contributed by atoms with van der Waals surface area (Å²) in [6, 6.07) is 11.9. The van der Waals surface area contributed by atoms with Gasteiger partial charge in [-0.2, -0.15) is 0 Å². The molecule has 2 aromatic carbocycles. The van der Waals surface area contributed by atoms with E-state index in [2.05, 4.69) is 9.99 Å². The quantitative estimate of drug-likeness (QED) is 0.178. The predicted octanol–water partition coefficient (Wildman–Crippen LogP) is 5.26. The van der Waals surface area contributed by atoms with Gasteiger partial charge in [0.05, 0.1) is 32.6 Å². The molecule has 2 rings (SSSR count). The number of oxime groups is 1. The summed E-state index contributed by atoms with van der Waals surface area (Å²) in [5, 5.41) is 3.62. The second kappa shape index (κ2) is 14.1. The fourth-order valence-electron chi connectivity index (χ4n) is 2.90. The van der Waals surface area contributed by atoms with E-state index in [0.29, 0.717) is 33.0 Å². The van der Waals surface area contributed by atoms with Crippen LogP contribution in [0.25, 0.3) is 0 Å². The van der Waals surface area contributed by atoms with E-state index in [0.717, 1.165) is 40.4 Å². The Labute approximate surface area is 185 Å². The van der Waals surface area contributed by atoms with Crippen LogP contribution in [0.2, 0.25) is 0 Å². The molecule has 2 aromatic rings. The SMILES string of the molecule is C/C=C/COc1cc(C)c(OCCCOc2ccc(COC/C=N/OC)cc2)c(C)c1. The van der Waals surface area contributed by atoms with Gasteiger partial charge in [-0.15, -0.1) is 0 Å². The van der Waals surface area contributed by atoms with E-state index in [4.69, 9.17) is 18.9 Å². The molecule has 6 heteroatoms. The number of allylic oxidation sites excluding steroid dienone is 1. The lowest BCUT2D eigenvalue weighted by molar-refractivity contribution is 0.154. The highest BCUT2D eigenvalue weighted by Crippen LogP contribution is 2.28. The van der Waals surface area contributed by atoms with Gasteiger partial charge in [0, 0.05) is 6.42 Å². The number of rotatable bonds is 14. The minimum Gasteiger partial charge on any atom is -0.493 e. The van der Waals surface area contributed by atoms with E-state index >= 15 is 0 Å². The maximum atomic E-state index is 5.99.